The molecular formula is C25H21N5O4S. The van der Waals surface area contributed by atoms with Crippen LogP contribution in [-0.2, 0) is 9.84 Å². The zero-order valence-corrected chi connectivity index (χ0v) is 20.0. The fourth-order valence-corrected chi connectivity index (χ4v) is 4.38. The molecule has 0 fully saturated rings. The minimum Gasteiger partial charge on any atom is -0.493 e. The molecule has 0 spiro atoms. The van der Waals surface area contributed by atoms with Crippen molar-refractivity contribution in [2.45, 2.75) is 4.90 Å². The maximum Gasteiger partial charge on any atom is 0.251 e. The quantitative estimate of drug-likeness (QED) is 0.354. The van der Waals surface area contributed by atoms with Gasteiger partial charge in [-0.25, -0.2) is 23.1 Å². The molecule has 9 nitrogen and oxygen atoms in total. The number of benzene rings is 2. The SMILES string of the molecule is COc1cc2nc(-n3cc(-c4ccc(S(C)(=O)=O)cc4)cn3)nc(-c3cccnc3)c2cc1OC. The summed E-state index contributed by atoms with van der Waals surface area (Å²) in [6.07, 6.45) is 8.10. The predicted octanol–water partition coefficient (Wildman–Crippen LogP) is 3.97. The molecule has 5 rings (SSSR count). The van der Waals surface area contributed by atoms with Crippen molar-refractivity contribution in [2.24, 2.45) is 0 Å². The average molecular weight is 488 g/mol. The van der Waals surface area contributed by atoms with Gasteiger partial charge in [0.05, 0.1) is 36.5 Å². The molecule has 0 amide bonds. The van der Waals surface area contributed by atoms with Crippen LogP contribution in [0.25, 0.3) is 39.2 Å². The van der Waals surface area contributed by atoms with Crippen molar-refractivity contribution in [2.75, 3.05) is 20.5 Å². The molecule has 0 unspecified atom stereocenters. The summed E-state index contributed by atoms with van der Waals surface area (Å²) in [5.74, 6) is 1.48. The third-order valence-corrected chi connectivity index (χ3v) is 6.66. The van der Waals surface area contributed by atoms with Gasteiger partial charge in [0.1, 0.15) is 0 Å². The van der Waals surface area contributed by atoms with E-state index in [0.717, 1.165) is 22.1 Å². The number of nitrogens with zero attached hydrogens (tertiary/aromatic N) is 5. The molecule has 0 saturated heterocycles. The van der Waals surface area contributed by atoms with Gasteiger partial charge < -0.3 is 9.47 Å². The lowest BCUT2D eigenvalue weighted by atomic mass is 10.1. The van der Waals surface area contributed by atoms with E-state index in [2.05, 4.69) is 10.1 Å². The maximum absolute atomic E-state index is 11.8. The molecule has 0 aliphatic rings. The number of pyridine rings is 1. The topological polar surface area (TPSA) is 109 Å². The van der Waals surface area contributed by atoms with E-state index in [9.17, 15) is 8.42 Å². The van der Waals surface area contributed by atoms with Crippen molar-refractivity contribution < 1.29 is 17.9 Å². The first-order chi connectivity index (χ1) is 16.9. The van der Waals surface area contributed by atoms with Gasteiger partial charge in [0.15, 0.2) is 21.3 Å². The summed E-state index contributed by atoms with van der Waals surface area (Å²) in [5.41, 5.74) is 3.76. The van der Waals surface area contributed by atoms with Crippen LogP contribution in [0.4, 0.5) is 0 Å². The largest absolute Gasteiger partial charge is 0.493 e. The molecule has 3 heterocycles. The van der Waals surface area contributed by atoms with Crippen molar-refractivity contribution in [3.05, 3.63) is 73.3 Å². The van der Waals surface area contributed by atoms with Crippen LogP contribution in [0.2, 0.25) is 0 Å². The number of hydrogen-bond acceptors (Lipinski definition) is 8. The Balaban J connectivity index is 1.64. The van der Waals surface area contributed by atoms with Crippen LogP contribution in [-0.4, -0.2) is 53.6 Å². The number of aromatic nitrogens is 5. The molecule has 2 aromatic carbocycles. The van der Waals surface area contributed by atoms with Crippen LogP contribution in [0.5, 0.6) is 11.5 Å². The first-order valence-corrected chi connectivity index (χ1v) is 12.5. The summed E-state index contributed by atoms with van der Waals surface area (Å²) >= 11 is 0. The number of rotatable bonds is 6. The van der Waals surface area contributed by atoms with Crippen LogP contribution < -0.4 is 9.47 Å². The molecule has 3 aromatic heterocycles. The summed E-state index contributed by atoms with van der Waals surface area (Å²) < 4.78 is 36.0. The summed E-state index contributed by atoms with van der Waals surface area (Å²) in [6, 6.07) is 14.1. The van der Waals surface area contributed by atoms with Crippen LogP contribution in [0, 0.1) is 0 Å². The highest BCUT2D eigenvalue weighted by molar-refractivity contribution is 7.90. The molecule has 0 radical (unpaired) electrons. The van der Waals surface area contributed by atoms with Crippen molar-refractivity contribution in [1.82, 2.24) is 24.7 Å². The van der Waals surface area contributed by atoms with Gasteiger partial charge >= 0.3 is 0 Å². The molecule has 0 aliphatic carbocycles. The van der Waals surface area contributed by atoms with E-state index in [-0.39, 0.29) is 4.90 Å². The summed E-state index contributed by atoms with van der Waals surface area (Å²) in [7, 11) is -0.116. The number of fused-ring (bicyclic) bond motifs is 1. The van der Waals surface area contributed by atoms with Crippen LogP contribution in [0.1, 0.15) is 0 Å². The second-order valence-electron chi connectivity index (χ2n) is 7.81. The van der Waals surface area contributed by atoms with Crippen LogP contribution >= 0.6 is 0 Å². The molecule has 0 aliphatic heterocycles. The van der Waals surface area contributed by atoms with Gasteiger partial charge in [-0.1, -0.05) is 12.1 Å². The Bertz CT molecular complexity index is 1630. The molecule has 0 N–H and O–H groups in total. The van der Waals surface area contributed by atoms with E-state index < -0.39 is 9.84 Å². The van der Waals surface area contributed by atoms with Gasteiger partial charge in [0.2, 0.25) is 0 Å². The molecular weight excluding hydrogens is 466 g/mol. The number of sulfone groups is 1. The summed E-state index contributed by atoms with van der Waals surface area (Å²) in [4.78, 5) is 14.0. The first kappa shape index (κ1) is 22.5. The molecule has 0 saturated carbocycles. The number of ether oxygens (including phenoxy) is 2. The van der Waals surface area contributed by atoms with Gasteiger partial charge in [-0.2, -0.15) is 5.10 Å². The third-order valence-electron chi connectivity index (χ3n) is 5.53. The zero-order valence-electron chi connectivity index (χ0n) is 19.2. The van der Waals surface area contributed by atoms with E-state index >= 15 is 0 Å². The van der Waals surface area contributed by atoms with E-state index in [4.69, 9.17) is 19.4 Å². The molecule has 0 atom stereocenters. The smallest absolute Gasteiger partial charge is 0.251 e. The minimum atomic E-state index is -3.27. The third kappa shape index (κ3) is 4.31. The average Bonchev–Trinajstić information content (AvgIpc) is 3.37. The standard InChI is InChI=1S/C25H21N5O4S/c1-33-22-11-20-21(12-23(22)34-2)28-25(29-24(20)17-5-4-10-26-13-17)30-15-18(14-27-30)16-6-8-19(9-7-16)35(3,31)32/h4-15H,1-3H3. The van der Waals surface area contributed by atoms with Gasteiger partial charge in [-0.15, -0.1) is 0 Å². The van der Waals surface area contributed by atoms with E-state index in [1.165, 1.54) is 6.26 Å². The van der Waals surface area contributed by atoms with Crippen LogP contribution in [0.15, 0.2) is 78.2 Å². The van der Waals surface area contributed by atoms with E-state index in [0.29, 0.717) is 28.7 Å². The highest BCUT2D eigenvalue weighted by atomic mass is 32.2. The fraction of sp³-hybridized carbons (Fsp3) is 0.120. The predicted molar refractivity (Wildman–Crippen MR) is 132 cm³/mol. The van der Waals surface area contributed by atoms with E-state index in [1.807, 2.05) is 18.2 Å². The Labute approximate surface area is 201 Å². The first-order valence-electron chi connectivity index (χ1n) is 10.6. The van der Waals surface area contributed by atoms with Gasteiger partial charge in [0, 0.05) is 47.4 Å². The summed E-state index contributed by atoms with van der Waals surface area (Å²) in [5, 5.41) is 5.23. The molecule has 0 bridgehead atoms. The fourth-order valence-electron chi connectivity index (χ4n) is 3.74. The van der Waals surface area contributed by atoms with E-state index in [1.54, 1.807) is 74.0 Å². The Morgan fingerprint density at radius 1 is 0.857 bits per heavy atom. The van der Waals surface area contributed by atoms with Gasteiger partial charge in [-0.05, 0) is 35.9 Å². The maximum atomic E-state index is 11.8. The zero-order chi connectivity index (χ0) is 24.6. The number of methoxy groups -OCH3 is 2. The Morgan fingerprint density at radius 3 is 2.26 bits per heavy atom. The normalized spacial score (nSPS) is 11.5. The lowest BCUT2D eigenvalue weighted by Crippen LogP contribution is -2.04. The van der Waals surface area contributed by atoms with Gasteiger partial charge in [0.25, 0.3) is 5.95 Å². The number of hydrogen-bond donors (Lipinski definition) is 0. The second-order valence-corrected chi connectivity index (χ2v) is 9.82. The molecule has 10 heteroatoms. The Hall–Kier alpha value is -4.31. The van der Waals surface area contributed by atoms with Crippen molar-refractivity contribution in [3.8, 4) is 39.8 Å². The monoisotopic (exact) mass is 487 g/mol. The Kier molecular flexibility index (Phi) is 5.65. The minimum absolute atomic E-state index is 0.261. The lowest BCUT2D eigenvalue weighted by molar-refractivity contribution is 0.356. The van der Waals surface area contributed by atoms with Crippen molar-refractivity contribution in [1.29, 1.82) is 0 Å². The second kappa shape index (κ2) is 8.80. The molecule has 35 heavy (non-hydrogen) atoms. The highest BCUT2D eigenvalue weighted by Crippen LogP contribution is 2.36. The highest BCUT2D eigenvalue weighted by Gasteiger charge is 2.16. The lowest BCUT2D eigenvalue weighted by Gasteiger charge is -2.12. The van der Waals surface area contributed by atoms with Crippen molar-refractivity contribution >= 4 is 20.7 Å². The molecule has 5 aromatic rings. The van der Waals surface area contributed by atoms with Crippen LogP contribution in [0.3, 0.4) is 0 Å². The van der Waals surface area contributed by atoms with Crippen molar-refractivity contribution in [3.63, 3.8) is 0 Å². The van der Waals surface area contributed by atoms with Gasteiger partial charge in [-0.3, -0.25) is 4.98 Å². The summed E-state index contributed by atoms with van der Waals surface area (Å²) in [6.45, 7) is 0. The Morgan fingerprint density at radius 2 is 1.60 bits per heavy atom. The molecule has 176 valence electrons.